The Kier molecular flexibility index (Phi) is 7.32. The number of nitrogens with one attached hydrogen (secondary N) is 1. The van der Waals surface area contributed by atoms with Crippen LogP contribution in [0.4, 0.5) is 0 Å². The first-order chi connectivity index (χ1) is 10.2. The predicted octanol–water partition coefficient (Wildman–Crippen LogP) is 2.51. The van der Waals surface area contributed by atoms with E-state index in [0.717, 1.165) is 6.42 Å². The summed E-state index contributed by atoms with van der Waals surface area (Å²) in [6.45, 7) is 6.81. The summed E-state index contributed by atoms with van der Waals surface area (Å²) in [5.74, 6) is 0.438. The van der Waals surface area contributed by atoms with Gasteiger partial charge in [-0.05, 0) is 30.5 Å². The third kappa shape index (κ3) is 6.34. The first-order valence-electron chi connectivity index (χ1n) is 7.23. The van der Waals surface area contributed by atoms with Crippen molar-refractivity contribution in [3.05, 3.63) is 29.3 Å². The first kappa shape index (κ1) is 18.9. The highest BCUT2D eigenvalue weighted by Crippen LogP contribution is 2.15. The van der Waals surface area contributed by atoms with Crippen molar-refractivity contribution in [2.45, 2.75) is 32.1 Å². The number of amides is 1. The van der Waals surface area contributed by atoms with Crippen molar-refractivity contribution in [2.75, 3.05) is 19.6 Å². The Morgan fingerprint density at radius 1 is 1.32 bits per heavy atom. The van der Waals surface area contributed by atoms with Gasteiger partial charge in [-0.3, -0.25) is 4.79 Å². The van der Waals surface area contributed by atoms with Crippen LogP contribution in [-0.2, 0) is 14.8 Å². The van der Waals surface area contributed by atoms with Crippen molar-refractivity contribution in [3.63, 3.8) is 0 Å². The third-order valence-corrected chi connectivity index (χ3v) is 4.90. The van der Waals surface area contributed by atoms with E-state index in [2.05, 4.69) is 18.6 Å². The lowest BCUT2D eigenvalue weighted by Crippen LogP contribution is -2.38. The van der Waals surface area contributed by atoms with Crippen LogP contribution in [0.2, 0.25) is 5.02 Å². The summed E-state index contributed by atoms with van der Waals surface area (Å²) >= 11 is 5.80. The summed E-state index contributed by atoms with van der Waals surface area (Å²) in [6.07, 6.45) is 0.890. The monoisotopic (exact) mass is 346 g/mol. The molecule has 7 heteroatoms. The molecule has 0 radical (unpaired) electrons. The van der Waals surface area contributed by atoms with Crippen LogP contribution in [0.1, 0.15) is 27.2 Å². The Labute approximate surface area is 137 Å². The van der Waals surface area contributed by atoms with Crippen molar-refractivity contribution in [2.24, 2.45) is 5.92 Å². The van der Waals surface area contributed by atoms with Crippen LogP contribution in [0.3, 0.4) is 0 Å². The minimum atomic E-state index is -3.61. The quantitative estimate of drug-likeness (QED) is 0.786. The molecule has 0 atom stereocenters. The number of carbonyl (C=O) groups is 1. The zero-order chi connectivity index (χ0) is 16.8. The second kappa shape index (κ2) is 8.50. The smallest absolute Gasteiger partial charge is 0.240 e. The van der Waals surface area contributed by atoms with Crippen molar-refractivity contribution < 1.29 is 13.2 Å². The van der Waals surface area contributed by atoms with Gasteiger partial charge < -0.3 is 4.90 Å². The topological polar surface area (TPSA) is 66.5 Å². The Morgan fingerprint density at radius 2 is 2.00 bits per heavy atom. The number of sulfonamides is 1. The maximum atomic E-state index is 12.1. The predicted molar refractivity (Wildman–Crippen MR) is 88.3 cm³/mol. The van der Waals surface area contributed by atoms with E-state index in [4.69, 9.17) is 11.6 Å². The van der Waals surface area contributed by atoms with Gasteiger partial charge in [0.25, 0.3) is 0 Å². The normalized spacial score (nSPS) is 11.7. The Bertz CT molecular complexity index is 603. The van der Waals surface area contributed by atoms with Crippen molar-refractivity contribution in [1.29, 1.82) is 0 Å². The molecule has 22 heavy (non-hydrogen) atoms. The van der Waals surface area contributed by atoms with Gasteiger partial charge in [-0.2, -0.15) is 0 Å². The van der Waals surface area contributed by atoms with E-state index in [-0.39, 0.29) is 17.3 Å². The molecule has 124 valence electrons. The zero-order valence-corrected chi connectivity index (χ0v) is 14.7. The largest absolute Gasteiger partial charge is 0.342 e. The molecule has 1 amide bonds. The SMILES string of the molecule is CC(=O)N(CCNS(=O)(=O)c1cccc(Cl)c1)CCC(C)C. The lowest BCUT2D eigenvalue weighted by atomic mass is 10.1. The van der Waals surface area contributed by atoms with E-state index in [1.165, 1.54) is 19.1 Å². The summed E-state index contributed by atoms with van der Waals surface area (Å²) in [4.78, 5) is 13.3. The average Bonchev–Trinajstić information content (AvgIpc) is 2.41. The van der Waals surface area contributed by atoms with Gasteiger partial charge in [0.15, 0.2) is 0 Å². The van der Waals surface area contributed by atoms with Crippen LogP contribution in [0.15, 0.2) is 29.2 Å². The highest BCUT2D eigenvalue weighted by molar-refractivity contribution is 7.89. The number of rotatable bonds is 8. The van der Waals surface area contributed by atoms with Gasteiger partial charge in [-0.1, -0.05) is 31.5 Å². The molecule has 5 nitrogen and oxygen atoms in total. The fourth-order valence-electron chi connectivity index (χ4n) is 1.87. The summed E-state index contributed by atoms with van der Waals surface area (Å²) in [5, 5.41) is 0.366. The highest BCUT2D eigenvalue weighted by Gasteiger charge is 2.15. The number of hydrogen-bond acceptors (Lipinski definition) is 3. The summed E-state index contributed by atoms with van der Waals surface area (Å²) in [5.41, 5.74) is 0. The van der Waals surface area contributed by atoms with Crippen LogP contribution in [0.25, 0.3) is 0 Å². The minimum absolute atomic E-state index is 0.0531. The van der Waals surface area contributed by atoms with Crippen LogP contribution < -0.4 is 4.72 Å². The molecule has 0 unspecified atom stereocenters. The second-order valence-electron chi connectivity index (χ2n) is 5.54. The maximum absolute atomic E-state index is 12.1. The van der Waals surface area contributed by atoms with Gasteiger partial charge in [0.05, 0.1) is 4.90 Å². The van der Waals surface area contributed by atoms with Crippen LogP contribution in [-0.4, -0.2) is 38.9 Å². The van der Waals surface area contributed by atoms with Crippen LogP contribution in [0, 0.1) is 5.92 Å². The molecule has 0 fully saturated rings. The zero-order valence-electron chi connectivity index (χ0n) is 13.2. The standard InChI is InChI=1S/C15H23ClN2O3S/c1-12(2)7-9-18(13(3)19)10-8-17-22(20,21)15-6-4-5-14(16)11-15/h4-6,11-12,17H,7-10H2,1-3H3. The number of halogens is 1. The van der Waals surface area contributed by atoms with E-state index >= 15 is 0 Å². The summed E-state index contributed by atoms with van der Waals surface area (Å²) in [7, 11) is -3.61. The van der Waals surface area contributed by atoms with E-state index in [0.29, 0.717) is 24.0 Å². The van der Waals surface area contributed by atoms with Gasteiger partial charge in [0.2, 0.25) is 15.9 Å². The molecule has 0 aliphatic heterocycles. The van der Waals surface area contributed by atoms with Gasteiger partial charge in [-0.15, -0.1) is 0 Å². The van der Waals surface area contributed by atoms with Gasteiger partial charge in [-0.25, -0.2) is 13.1 Å². The van der Waals surface area contributed by atoms with E-state index < -0.39 is 10.0 Å². The molecule has 1 rings (SSSR count). The van der Waals surface area contributed by atoms with Crippen molar-refractivity contribution in [1.82, 2.24) is 9.62 Å². The molecule has 0 heterocycles. The minimum Gasteiger partial charge on any atom is -0.342 e. The Morgan fingerprint density at radius 3 is 2.55 bits per heavy atom. The van der Waals surface area contributed by atoms with E-state index in [9.17, 15) is 13.2 Å². The highest BCUT2D eigenvalue weighted by atomic mass is 35.5. The number of carbonyl (C=O) groups excluding carboxylic acids is 1. The fourth-order valence-corrected chi connectivity index (χ4v) is 3.19. The second-order valence-corrected chi connectivity index (χ2v) is 7.75. The summed E-state index contributed by atoms with van der Waals surface area (Å²) < 4.78 is 26.8. The summed E-state index contributed by atoms with van der Waals surface area (Å²) in [6, 6.07) is 6.08. The molecule has 0 saturated heterocycles. The molecular formula is C15H23ClN2O3S. The Balaban J connectivity index is 2.58. The lowest BCUT2D eigenvalue weighted by Gasteiger charge is -2.22. The van der Waals surface area contributed by atoms with E-state index in [1.807, 2.05) is 0 Å². The van der Waals surface area contributed by atoms with Gasteiger partial charge >= 0.3 is 0 Å². The molecule has 0 saturated carbocycles. The number of nitrogens with zero attached hydrogens (tertiary/aromatic N) is 1. The molecular weight excluding hydrogens is 324 g/mol. The lowest BCUT2D eigenvalue weighted by molar-refractivity contribution is -0.128. The van der Waals surface area contributed by atoms with Crippen LogP contribution >= 0.6 is 11.6 Å². The molecule has 1 aromatic rings. The average molecular weight is 347 g/mol. The third-order valence-electron chi connectivity index (χ3n) is 3.20. The van der Waals surface area contributed by atoms with Crippen LogP contribution in [0.5, 0.6) is 0 Å². The molecule has 1 N–H and O–H groups in total. The van der Waals surface area contributed by atoms with Gasteiger partial charge in [0.1, 0.15) is 0 Å². The molecule has 0 aromatic heterocycles. The molecule has 0 spiro atoms. The molecule has 0 aliphatic carbocycles. The Hall–Kier alpha value is -1.11. The number of benzene rings is 1. The number of hydrogen-bond donors (Lipinski definition) is 1. The molecule has 0 aliphatic rings. The van der Waals surface area contributed by atoms with Crippen molar-refractivity contribution in [3.8, 4) is 0 Å². The fraction of sp³-hybridized carbons (Fsp3) is 0.533. The van der Waals surface area contributed by atoms with E-state index in [1.54, 1.807) is 17.0 Å². The first-order valence-corrected chi connectivity index (χ1v) is 9.09. The van der Waals surface area contributed by atoms with Gasteiger partial charge in [0, 0.05) is 31.6 Å². The molecule has 0 bridgehead atoms. The van der Waals surface area contributed by atoms with Crippen molar-refractivity contribution >= 4 is 27.5 Å². The maximum Gasteiger partial charge on any atom is 0.240 e. The molecule has 1 aromatic carbocycles.